The molecule has 2 saturated heterocycles. The minimum atomic E-state index is -0.295. The van der Waals surface area contributed by atoms with E-state index in [4.69, 9.17) is 9.47 Å². The first kappa shape index (κ1) is 21.6. The Balaban J connectivity index is 1.21. The molecule has 5 nitrogen and oxygen atoms in total. The zero-order valence-corrected chi connectivity index (χ0v) is 18.1. The van der Waals surface area contributed by atoms with Crippen molar-refractivity contribution in [2.45, 2.75) is 44.2 Å². The molecule has 166 valence electrons. The van der Waals surface area contributed by atoms with E-state index in [9.17, 15) is 9.18 Å². The highest BCUT2D eigenvalue weighted by Gasteiger charge is 2.30. The summed E-state index contributed by atoms with van der Waals surface area (Å²) in [7, 11) is 1.64. The third kappa shape index (κ3) is 5.56. The number of para-hydroxylation sites is 1. The minimum Gasteiger partial charge on any atom is -0.497 e. The molecule has 2 aliphatic rings. The number of halogens is 1. The third-order valence-corrected chi connectivity index (χ3v) is 6.43. The molecule has 31 heavy (non-hydrogen) atoms. The SMILES string of the molecule is COc1cccc(CC(=O)N2CCC(N3CCC(Oc4ccccc4F)CC3)CC2)c1. The lowest BCUT2D eigenvalue weighted by Crippen LogP contribution is -2.50. The maximum atomic E-state index is 13.8. The number of carbonyl (C=O) groups excluding carboxylic acids is 1. The fourth-order valence-corrected chi connectivity index (χ4v) is 4.63. The molecule has 0 saturated carbocycles. The number of benzene rings is 2. The van der Waals surface area contributed by atoms with E-state index in [-0.39, 0.29) is 17.8 Å². The largest absolute Gasteiger partial charge is 0.497 e. The Morgan fingerprint density at radius 3 is 2.45 bits per heavy atom. The van der Waals surface area contributed by atoms with Crippen LogP contribution >= 0.6 is 0 Å². The van der Waals surface area contributed by atoms with E-state index in [1.807, 2.05) is 29.2 Å². The molecular formula is C25H31FN2O3. The summed E-state index contributed by atoms with van der Waals surface area (Å²) in [5.41, 5.74) is 0.989. The lowest BCUT2D eigenvalue weighted by atomic mass is 9.98. The van der Waals surface area contributed by atoms with E-state index in [0.717, 1.165) is 63.2 Å². The van der Waals surface area contributed by atoms with E-state index in [2.05, 4.69) is 4.90 Å². The topological polar surface area (TPSA) is 42.0 Å². The van der Waals surface area contributed by atoms with Crippen molar-refractivity contribution >= 4 is 5.91 Å². The van der Waals surface area contributed by atoms with Crippen molar-refractivity contribution in [3.63, 3.8) is 0 Å². The fourth-order valence-electron chi connectivity index (χ4n) is 4.63. The summed E-state index contributed by atoms with van der Waals surface area (Å²) in [5.74, 6) is 1.02. The Labute approximate surface area is 183 Å². The smallest absolute Gasteiger partial charge is 0.226 e. The lowest BCUT2D eigenvalue weighted by Gasteiger charge is -2.41. The monoisotopic (exact) mass is 426 g/mol. The summed E-state index contributed by atoms with van der Waals surface area (Å²) in [4.78, 5) is 17.2. The number of ether oxygens (including phenoxy) is 2. The van der Waals surface area contributed by atoms with Crippen molar-refractivity contribution in [1.29, 1.82) is 0 Å². The lowest BCUT2D eigenvalue weighted by molar-refractivity contribution is -0.132. The first-order valence-corrected chi connectivity index (χ1v) is 11.2. The first-order chi connectivity index (χ1) is 15.1. The standard InChI is InChI=1S/C25H31FN2O3/c1-30-22-6-4-5-19(17-22)18-25(29)28-13-9-20(10-14-28)27-15-11-21(12-16-27)31-24-8-3-2-7-23(24)26/h2-8,17,20-21H,9-16,18H2,1H3. The van der Waals surface area contributed by atoms with Gasteiger partial charge in [-0.1, -0.05) is 24.3 Å². The zero-order chi connectivity index (χ0) is 21.6. The van der Waals surface area contributed by atoms with E-state index in [0.29, 0.717) is 18.2 Å². The number of carbonyl (C=O) groups is 1. The summed E-state index contributed by atoms with van der Waals surface area (Å²) < 4.78 is 24.9. The fraction of sp³-hybridized carbons (Fsp3) is 0.480. The molecule has 6 heteroatoms. The second-order valence-electron chi connectivity index (χ2n) is 8.42. The predicted octanol–water partition coefficient (Wildman–Crippen LogP) is 3.91. The molecule has 0 radical (unpaired) electrons. The summed E-state index contributed by atoms with van der Waals surface area (Å²) in [5, 5.41) is 0. The van der Waals surface area contributed by atoms with Gasteiger partial charge in [0.05, 0.1) is 13.5 Å². The van der Waals surface area contributed by atoms with Crippen molar-refractivity contribution in [2.24, 2.45) is 0 Å². The summed E-state index contributed by atoms with van der Waals surface area (Å²) in [6, 6.07) is 14.8. The van der Waals surface area contributed by atoms with Crippen LogP contribution in [0.4, 0.5) is 4.39 Å². The maximum Gasteiger partial charge on any atom is 0.226 e. The number of methoxy groups -OCH3 is 1. The third-order valence-electron chi connectivity index (χ3n) is 6.43. The van der Waals surface area contributed by atoms with Crippen molar-refractivity contribution < 1.29 is 18.7 Å². The predicted molar refractivity (Wildman–Crippen MR) is 118 cm³/mol. The molecule has 0 N–H and O–H groups in total. The van der Waals surface area contributed by atoms with Gasteiger partial charge in [0.25, 0.3) is 0 Å². The normalized spacial score (nSPS) is 18.7. The molecule has 0 aliphatic carbocycles. The van der Waals surface area contributed by atoms with Crippen LogP contribution < -0.4 is 9.47 Å². The molecule has 2 aliphatic heterocycles. The van der Waals surface area contributed by atoms with Gasteiger partial charge in [0, 0.05) is 32.2 Å². The minimum absolute atomic E-state index is 0.0673. The molecule has 0 bridgehead atoms. The van der Waals surface area contributed by atoms with Crippen LogP contribution in [0.3, 0.4) is 0 Å². The summed E-state index contributed by atoms with van der Waals surface area (Å²) in [6.07, 6.45) is 4.30. The Kier molecular flexibility index (Phi) is 7.07. The number of piperidine rings is 2. The Bertz CT molecular complexity index is 875. The molecule has 2 heterocycles. The van der Waals surface area contributed by atoms with Gasteiger partial charge in [-0.15, -0.1) is 0 Å². The van der Waals surface area contributed by atoms with Crippen molar-refractivity contribution in [3.05, 3.63) is 59.9 Å². The Morgan fingerprint density at radius 2 is 1.74 bits per heavy atom. The van der Waals surface area contributed by atoms with Gasteiger partial charge in [0.1, 0.15) is 11.9 Å². The van der Waals surface area contributed by atoms with Gasteiger partial charge in [-0.3, -0.25) is 9.69 Å². The molecule has 0 spiro atoms. The Hall–Kier alpha value is -2.60. The molecule has 0 aromatic heterocycles. The van der Waals surface area contributed by atoms with Crippen LogP contribution in [0.2, 0.25) is 0 Å². The van der Waals surface area contributed by atoms with Crippen LogP contribution in [-0.4, -0.2) is 61.1 Å². The molecule has 0 atom stereocenters. The number of rotatable bonds is 6. The second kappa shape index (κ2) is 10.1. The van der Waals surface area contributed by atoms with Crippen LogP contribution in [0.25, 0.3) is 0 Å². The van der Waals surface area contributed by atoms with E-state index in [1.165, 1.54) is 6.07 Å². The van der Waals surface area contributed by atoms with Gasteiger partial charge >= 0.3 is 0 Å². The molecule has 4 rings (SSSR count). The number of likely N-dealkylation sites (tertiary alicyclic amines) is 2. The van der Waals surface area contributed by atoms with Gasteiger partial charge in [0.15, 0.2) is 11.6 Å². The summed E-state index contributed by atoms with van der Waals surface area (Å²) in [6.45, 7) is 3.53. The molecule has 2 aromatic carbocycles. The first-order valence-electron chi connectivity index (χ1n) is 11.2. The van der Waals surface area contributed by atoms with Crippen molar-refractivity contribution in [3.8, 4) is 11.5 Å². The average Bonchev–Trinajstić information content (AvgIpc) is 2.81. The van der Waals surface area contributed by atoms with Crippen molar-refractivity contribution in [1.82, 2.24) is 9.80 Å². The van der Waals surface area contributed by atoms with Crippen LogP contribution in [-0.2, 0) is 11.2 Å². The zero-order valence-electron chi connectivity index (χ0n) is 18.1. The molecule has 0 unspecified atom stereocenters. The quantitative estimate of drug-likeness (QED) is 0.702. The molecule has 2 fully saturated rings. The highest BCUT2D eigenvalue weighted by molar-refractivity contribution is 5.79. The number of amides is 1. The molecule has 2 aromatic rings. The van der Waals surface area contributed by atoms with Crippen molar-refractivity contribution in [2.75, 3.05) is 33.3 Å². The van der Waals surface area contributed by atoms with Gasteiger partial charge in [-0.25, -0.2) is 4.39 Å². The van der Waals surface area contributed by atoms with Gasteiger partial charge in [0.2, 0.25) is 5.91 Å². The van der Waals surface area contributed by atoms with Crippen LogP contribution in [0.15, 0.2) is 48.5 Å². The number of hydrogen-bond acceptors (Lipinski definition) is 4. The van der Waals surface area contributed by atoms with Gasteiger partial charge in [-0.2, -0.15) is 0 Å². The summed E-state index contributed by atoms with van der Waals surface area (Å²) >= 11 is 0. The number of nitrogens with zero attached hydrogens (tertiary/aromatic N) is 2. The van der Waals surface area contributed by atoms with E-state index < -0.39 is 0 Å². The van der Waals surface area contributed by atoms with E-state index >= 15 is 0 Å². The highest BCUT2D eigenvalue weighted by atomic mass is 19.1. The van der Waals surface area contributed by atoms with E-state index in [1.54, 1.807) is 25.3 Å². The number of hydrogen-bond donors (Lipinski definition) is 0. The molecule has 1 amide bonds. The van der Waals surface area contributed by atoms with Gasteiger partial charge < -0.3 is 14.4 Å². The maximum absolute atomic E-state index is 13.8. The average molecular weight is 427 g/mol. The highest BCUT2D eigenvalue weighted by Crippen LogP contribution is 2.25. The van der Waals surface area contributed by atoms with Gasteiger partial charge in [-0.05, 0) is 55.5 Å². The Morgan fingerprint density at radius 1 is 1.00 bits per heavy atom. The molecular weight excluding hydrogens is 395 g/mol. The second-order valence-corrected chi connectivity index (χ2v) is 8.42. The van der Waals surface area contributed by atoms with Crippen LogP contribution in [0.1, 0.15) is 31.2 Å². The van der Waals surface area contributed by atoms with Crippen LogP contribution in [0.5, 0.6) is 11.5 Å². The van der Waals surface area contributed by atoms with Crippen LogP contribution in [0, 0.1) is 5.82 Å².